The van der Waals surface area contributed by atoms with Gasteiger partial charge in [0.25, 0.3) is 0 Å². The van der Waals surface area contributed by atoms with Crippen LogP contribution in [0.1, 0.15) is 29.5 Å². The number of aliphatic hydroxyl groups is 1. The summed E-state index contributed by atoms with van der Waals surface area (Å²) in [5, 5.41) is 13.8. The first-order valence-corrected chi connectivity index (χ1v) is 13.2. The monoisotopic (exact) mass is 516 g/mol. The third-order valence-corrected chi connectivity index (χ3v) is 7.50. The lowest BCUT2D eigenvalue weighted by Gasteiger charge is -2.20. The molecule has 1 aliphatic rings. The van der Waals surface area contributed by atoms with Gasteiger partial charge in [0.2, 0.25) is 10.0 Å². The molecule has 0 bridgehead atoms. The fraction of sp³-hybridized carbons (Fsp3) is 0.333. The van der Waals surface area contributed by atoms with E-state index in [1.807, 2.05) is 36.4 Å². The molecule has 1 aliphatic carbocycles. The molecule has 0 saturated heterocycles. The van der Waals surface area contributed by atoms with E-state index < -0.39 is 16.1 Å². The number of para-hydroxylation sites is 1. The van der Waals surface area contributed by atoms with Gasteiger partial charge in [-0.15, -0.1) is 12.4 Å². The van der Waals surface area contributed by atoms with Crippen molar-refractivity contribution in [1.29, 1.82) is 0 Å². The Hall–Kier alpha value is -2.42. The standard InChI is InChI=1S/C27H32N2O4S.ClH/c30-25(20-33-26-10-3-1-4-11-26)19-28-24-9-7-8-22-15-14-21(16-23(22)17-24)18-29-34(31,32)27-12-5-2-6-13-27;/h1-6,10-16,24-25,28-30H,7-9,17-20H2;1H/t24?,25-;/m0./s1. The molecule has 0 spiro atoms. The number of aliphatic hydroxyl groups excluding tert-OH is 1. The van der Waals surface area contributed by atoms with Gasteiger partial charge in [-0.1, -0.05) is 54.6 Å². The zero-order chi connectivity index (χ0) is 23.8. The summed E-state index contributed by atoms with van der Waals surface area (Å²) in [5.74, 6) is 0.750. The molecule has 0 amide bonds. The number of halogens is 1. The summed E-state index contributed by atoms with van der Waals surface area (Å²) in [6, 6.07) is 24.4. The number of aryl methyl sites for hydroxylation is 1. The number of sulfonamides is 1. The van der Waals surface area contributed by atoms with E-state index in [0.717, 1.165) is 37.0 Å². The van der Waals surface area contributed by atoms with E-state index in [2.05, 4.69) is 22.2 Å². The number of ether oxygens (including phenoxy) is 1. The third-order valence-electron chi connectivity index (χ3n) is 6.08. The van der Waals surface area contributed by atoms with E-state index >= 15 is 0 Å². The van der Waals surface area contributed by atoms with E-state index in [4.69, 9.17) is 4.74 Å². The van der Waals surface area contributed by atoms with Crippen LogP contribution in [0.25, 0.3) is 0 Å². The Balaban J connectivity index is 0.00000342. The predicted molar refractivity (Wildman–Crippen MR) is 141 cm³/mol. The SMILES string of the molecule is Cl.O=S(=O)(NCc1ccc2c(c1)CC(NC[C@H](O)COc1ccccc1)CCC2)c1ccccc1. The van der Waals surface area contributed by atoms with E-state index in [9.17, 15) is 13.5 Å². The van der Waals surface area contributed by atoms with Crippen molar-refractivity contribution in [1.82, 2.24) is 10.0 Å². The van der Waals surface area contributed by atoms with Crippen LogP contribution in [0.2, 0.25) is 0 Å². The molecular formula is C27H33ClN2O4S. The summed E-state index contributed by atoms with van der Waals surface area (Å²) >= 11 is 0. The molecule has 0 heterocycles. The molecule has 188 valence electrons. The van der Waals surface area contributed by atoms with Crippen LogP contribution in [-0.4, -0.2) is 38.8 Å². The Morgan fingerprint density at radius 1 is 0.971 bits per heavy atom. The smallest absolute Gasteiger partial charge is 0.240 e. The summed E-state index contributed by atoms with van der Waals surface area (Å²) < 4.78 is 33.4. The van der Waals surface area contributed by atoms with Gasteiger partial charge in [-0.05, 0) is 66.6 Å². The lowest BCUT2D eigenvalue weighted by Crippen LogP contribution is -2.39. The van der Waals surface area contributed by atoms with Gasteiger partial charge < -0.3 is 15.2 Å². The first kappa shape index (κ1) is 27.2. The summed E-state index contributed by atoms with van der Waals surface area (Å²) in [6.45, 7) is 0.952. The van der Waals surface area contributed by atoms with Crippen molar-refractivity contribution >= 4 is 22.4 Å². The maximum atomic E-state index is 12.5. The Bertz CT molecular complexity index is 1160. The maximum absolute atomic E-state index is 12.5. The first-order chi connectivity index (χ1) is 16.5. The lowest BCUT2D eigenvalue weighted by molar-refractivity contribution is 0.103. The van der Waals surface area contributed by atoms with Crippen molar-refractivity contribution in [3.05, 3.63) is 95.6 Å². The molecule has 1 unspecified atom stereocenters. The van der Waals surface area contributed by atoms with Crippen molar-refractivity contribution in [2.75, 3.05) is 13.2 Å². The van der Waals surface area contributed by atoms with Gasteiger partial charge >= 0.3 is 0 Å². The summed E-state index contributed by atoms with van der Waals surface area (Å²) in [7, 11) is -3.54. The molecule has 0 aromatic heterocycles. The molecular weight excluding hydrogens is 484 g/mol. The van der Waals surface area contributed by atoms with Gasteiger partial charge in [0, 0.05) is 19.1 Å². The van der Waals surface area contributed by atoms with Crippen LogP contribution in [0, 0.1) is 0 Å². The zero-order valence-corrected chi connectivity index (χ0v) is 21.2. The second-order valence-electron chi connectivity index (χ2n) is 8.72. The predicted octanol–water partition coefficient (Wildman–Crippen LogP) is 3.86. The average molecular weight is 517 g/mol. The van der Waals surface area contributed by atoms with Gasteiger partial charge in [-0.2, -0.15) is 0 Å². The summed E-state index contributed by atoms with van der Waals surface area (Å²) in [4.78, 5) is 0.267. The van der Waals surface area contributed by atoms with E-state index in [1.165, 1.54) is 11.1 Å². The lowest BCUT2D eigenvalue weighted by atomic mass is 9.99. The van der Waals surface area contributed by atoms with Gasteiger partial charge in [0.05, 0.1) is 4.90 Å². The molecule has 0 saturated carbocycles. The highest BCUT2D eigenvalue weighted by molar-refractivity contribution is 7.89. The number of hydrogen-bond donors (Lipinski definition) is 3. The van der Waals surface area contributed by atoms with Crippen LogP contribution >= 0.6 is 12.4 Å². The van der Waals surface area contributed by atoms with Crippen molar-refractivity contribution < 1.29 is 18.3 Å². The molecule has 4 rings (SSSR count). The summed E-state index contributed by atoms with van der Waals surface area (Å²) in [5.41, 5.74) is 3.49. The molecule has 0 aliphatic heterocycles. The minimum absolute atomic E-state index is 0. The fourth-order valence-electron chi connectivity index (χ4n) is 4.24. The fourth-order valence-corrected chi connectivity index (χ4v) is 5.27. The highest BCUT2D eigenvalue weighted by Crippen LogP contribution is 2.23. The molecule has 0 fully saturated rings. The van der Waals surface area contributed by atoms with Crippen LogP contribution < -0.4 is 14.8 Å². The maximum Gasteiger partial charge on any atom is 0.240 e. The van der Waals surface area contributed by atoms with Crippen LogP contribution in [0.4, 0.5) is 0 Å². The van der Waals surface area contributed by atoms with Gasteiger partial charge in [0.15, 0.2) is 0 Å². The minimum atomic E-state index is -3.54. The molecule has 0 radical (unpaired) electrons. The number of rotatable bonds is 10. The minimum Gasteiger partial charge on any atom is -0.491 e. The van der Waals surface area contributed by atoms with Crippen LogP contribution in [0.5, 0.6) is 5.75 Å². The normalized spacial score (nSPS) is 16.4. The molecule has 6 nitrogen and oxygen atoms in total. The first-order valence-electron chi connectivity index (χ1n) is 11.7. The third kappa shape index (κ3) is 8.05. The Morgan fingerprint density at radius 3 is 2.43 bits per heavy atom. The molecule has 35 heavy (non-hydrogen) atoms. The highest BCUT2D eigenvalue weighted by atomic mass is 35.5. The summed E-state index contributed by atoms with van der Waals surface area (Å²) in [6.07, 6.45) is 3.35. The Kier molecular flexibility index (Phi) is 10.1. The second kappa shape index (κ2) is 13.0. The average Bonchev–Trinajstić information content (AvgIpc) is 3.07. The van der Waals surface area contributed by atoms with Crippen LogP contribution in [0.3, 0.4) is 0 Å². The number of hydrogen-bond acceptors (Lipinski definition) is 5. The molecule has 3 aromatic rings. The highest BCUT2D eigenvalue weighted by Gasteiger charge is 2.19. The Labute approximate surface area is 214 Å². The molecule has 2 atom stereocenters. The van der Waals surface area contributed by atoms with Crippen LogP contribution in [0.15, 0.2) is 83.8 Å². The van der Waals surface area contributed by atoms with Gasteiger partial charge in [-0.3, -0.25) is 0 Å². The zero-order valence-electron chi connectivity index (χ0n) is 19.6. The van der Waals surface area contributed by atoms with Crippen molar-refractivity contribution in [2.45, 2.75) is 49.3 Å². The Morgan fingerprint density at radius 2 is 1.69 bits per heavy atom. The van der Waals surface area contributed by atoms with Crippen molar-refractivity contribution in [3.8, 4) is 5.75 Å². The molecule has 3 N–H and O–H groups in total. The number of nitrogens with one attached hydrogen (secondary N) is 2. The van der Waals surface area contributed by atoms with E-state index in [-0.39, 0.29) is 36.5 Å². The molecule has 3 aromatic carbocycles. The van der Waals surface area contributed by atoms with Gasteiger partial charge in [-0.25, -0.2) is 13.1 Å². The van der Waals surface area contributed by atoms with E-state index in [0.29, 0.717) is 6.54 Å². The van der Waals surface area contributed by atoms with E-state index in [1.54, 1.807) is 30.3 Å². The number of fused-ring (bicyclic) bond motifs is 1. The number of benzene rings is 3. The van der Waals surface area contributed by atoms with Crippen molar-refractivity contribution in [3.63, 3.8) is 0 Å². The molecule has 8 heteroatoms. The topological polar surface area (TPSA) is 87.7 Å². The quantitative estimate of drug-likeness (QED) is 0.356. The van der Waals surface area contributed by atoms with Crippen LogP contribution in [-0.2, 0) is 29.4 Å². The second-order valence-corrected chi connectivity index (χ2v) is 10.5. The van der Waals surface area contributed by atoms with Gasteiger partial charge in [0.1, 0.15) is 18.5 Å². The largest absolute Gasteiger partial charge is 0.491 e. The van der Waals surface area contributed by atoms with Crippen molar-refractivity contribution in [2.24, 2.45) is 0 Å².